The number of ether oxygens (including phenoxy) is 1. The summed E-state index contributed by atoms with van der Waals surface area (Å²) >= 11 is 6.06. The highest BCUT2D eigenvalue weighted by atomic mass is 35.5. The lowest BCUT2D eigenvalue weighted by Gasteiger charge is -2.32. The number of carbonyl (C=O) groups is 1. The summed E-state index contributed by atoms with van der Waals surface area (Å²) in [7, 11) is -2.59. The Morgan fingerprint density at radius 1 is 1.31 bits per heavy atom. The average Bonchev–Trinajstić information content (AvgIpc) is 2.68. The third-order valence-corrected chi connectivity index (χ3v) is 6.53. The molecule has 8 nitrogen and oxygen atoms in total. The zero-order valence-electron chi connectivity index (χ0n) is 16.1. The number of methoxy groups -OCH3 is 1. The zero-order valence-corrected chi connectivity index (χ0v) is 17.6. The molecule has 0 bridgehead atoms. The molecule has 29 heavy (non-hydrogen) atoms. The van der Waals surface area contributed by atoms with Gasteiger partial charge in [0.15, 0.2) is 5.82 Å². The molecule has 1 aromatic heterocycles. The summed E-state index contributed by atoms with van der Waals surface area (Å²) in [6.45, 7) is 3.59. The first kappa shape index (κ1) is 21.2. The number of halogens is 1. The maximum atomic E-state index is 12.9. The first-order valence-corrected chi connectivity index (χ1v) is 10.9. The van der Waals surface area contributed by atoms with E-state index in [1.807, 2.05) is 4.90 Å². The number of anilines is 2. The molecule has 10 heteroatoms. The van der Waals surface area contributed by atoms with E-state index < -0.39 is 16.0 Å². The minimum atomic E-state index is -4.02. The smallest absolute Gasteiger partial charge is 0.337 e. The van der Waals surface area contributed by atoms with Gasteiger partial charge in [0.05, 0.1) is 28.3 Å². The summed E-state index contributed by atoms with van der Waals surface area (Å²) in [5, 5.41) is 9.44. The fraction of sp³-hybridized carbons (Fsp3) is 0.368. The van der Waals surface area contributed by atoms with Crippen LogP contribution in [0.5, 0.6) is 5.75 Å². The molecule has 1 fully saturated rings. The molecule has 1 aliphatic rings. The van der Waals surface area contributed by atoms with Crippen LogP contribution in [0, 0.1) is 5.92 Å². The van der Waals surface area contributed by atoms with Crippen LogP contribution < -0.4 is 14.4 Å². The van der Waals surface area contributed by atoms with Crippen molar-refractivity contribution in [3.63, 3.8) is 0 Å². The predicted molar refractivity (Wildman–Crippen MR) is 111 cm³/mol. The second-order valence-corrected chi connectivity index (χ2v) is 9.06. The molecule has 0 saturated carbocycles. The van der Waals surface area contributed by atoms with Crippen LogP contribution in [0.25, 0.3) is 0 Å². The van der Waals surface area contributed by atoms with Gasteiger partial charge >= 0.3 is 5.97 Å². The van der Waals surface area contributed by atoms with Crippen molar-refractivity contribution < 1.29 is 23.1 Å². The lowest BCUT2D eigenvalue weighted by molar-refractivity contribution is 0.0696. The molecule has 1 saturated heterocycles. The second kappa shape index (κ2) is 8.46. The molecule has 0 radical (unpaired) electrons. The van der Waals surface area contributed by atoms with Crippen LogP contribution >= 0.6 is 11.6 Å². The van der Waals surface area contributed by atoms with Gasteiger partial charge in [-0.1, -0.05) is 18.5 Å². The van der Waals surface area contributed by atoms with E-state index in [-0.39, 0.29) is 21.2 Å². The Balaban J connectivity index is 1.98. The molecule has 3 rings (SSSR count). The Kier molecular flexibility index (Phi) is 6.18. The molecular weight excluding hydrogens is 418 g/mol. The number of hydrogen-bond acceptors (Lipinski definition) is 6. The van der Waals surface area contributed by atoms with Gasteiger partial charge in [-0.3, -0.25) is 4.72 Å². The predicted octanol–water partition coefficient (Wildman–Crippen LogP) is 3.48. The number of aromatic carboxylic acids is 1. The van der Waals surface area contributed by atoms with Crippen molar-refractivity contribution in [1.82, 2.24) is 4.98 Å². The number of carboxylic acid groups (broad SMARTS) is 1. The highest BCUT2D eigenvalue weighted by Crippen LogP contribution is 2.32. The van der Waals surface area contributed by atoms with Crippen LogP contribution in [0.1, 0.15) is 30.1 Å². The highest BCUT2D eigenvalue weighted by Gasteiger charge is 2.24. The number of nitrogens with one attached hydrogen (secondary N) is 1. The molecule has 2 heterocycles. The number of aromatic nitrogens is 1. The molecule has 1 aromatic carbocycles. The SMILES string of the molecule is COc1ccc(S(=O)(=O)Nc2cc(C(=O)O)cnc2N2CCC(C)CC2)cc1Cl. The van der Waals surface area contributed by atoms with Crippen molar-refractivity contribution in [3.8, 4) is 5.75 Å². The Labute approximate surface area is 174 Å². The largest absolute Gasteiger partial charge is 0.495 e. The van der Waals surface area contributed by atoms with Crippen LogP contribution in [0.2, 0.25) is 5.02 Å². The summed E-state index contributed by atoms with van der Waals surface area (Å²) in [5.74, 6) is 0.142. The van der Waals surface area contributed by atoms with Crippen molar-refractivity contribution in [2.45, 2.75) is 24.7 Å². The molecule has 0 unspecified atom stereocenters. The maximum Gasteiger partial charge on any atom is 0.337 e. The van der Waals surface area contributed by atoms with Gasteiger partial charge in [-0.15, -0.1) is 0 Å². The van der Waals surface area contributed by atoms with Crippen molar-refractivity contribution in [2.24, 2.45) is 5.92 Å². The van der Waals surface area contributed by atoms with Gasteiger partial charge < -0.3 is 14.7 Å². The van der Waals surface area contributed by atoms with Gasteiger partial charge in [0, 0.05) is 19.3 Å². The lowest BCUT2D eigenvalue weighted by atomic mass is 9.99. The van der Waals surface area contributed by atoms with E-state index in [1.54, 1.807) is 0 Å². The minimum Gasteiger partial charge on any atom is -0.495 e. The van der Waals surface area contributed by atoms with E-state index in [1.165, 1.54) is 37.6 Å². The summed E-state index contributed by atoms with van der Waals surface area (Å²) in [4.78, 5) is 17.5. The topological polar surface area (TPSA) is 109 Å². The van der Waals surface area contributed by atoms with Crippen LogP contribution in [-0.4, -0.2) is 44.7 Å². The monoisotopic (exact) mass is 439 g/mol. The third kappa shape index (κ3) is 4.73. The van der Waals surface area contributed by atoms with Crippen LogP contribution in [-0.2, 0) is 10.0 Å². The molecule has 0 atom stereocenters. The van der Waals surface area contributed by atoms with Gasteiger partial charge in [-0.2, -0.15) is 0 Å². The first-order chi connectivity index (χ1) is 13.7. The summed E-state index contributed by atoms with van der Waals surface area (Å²) in [5.41, 5.74) is 0.0102. The van der Waals surface area contributed by atoms with Crippen molar-refractivity contribution in [3.05, 3.63) is 41.0 Å². The van der Waals surface area contributed by atoms with E-state index in [0.717, 1.165) is 12.8 Å². The second-order valence-electron chi connectivity index (χ2n) is 6.97. The maximum absolute atomic E-state index is 12.9. The van der Waals surface area contributed by atoms with Crippen molar-refractivity contribution >= 4 is 39.1 Å². The Hall–Kier alpha value is -2.52. The Bertz CT molecular complexity index is 1020. The van der Waals surface area contributed by atoms with Gasteiger partial charge in [0.25, 0.3) is 10.0 Å². The van der Waals surface area contributed by atoms with Crippen LogP contribution in [0.4, 0.5) is 11.5 Å². The minimum absolute atomic E-state index is 0.0674. The number of hydrogen-bond donors (Lipinski definition) is 2. The Morgan fingerprint density at radius 3 is 2.59 bits per heavy atom. The number of nitrogens with zero attached hydrogens (tertiary/aromatic N) is 2. The average molecular weight is 440 g/mol. The Morgan fingerprint density at radius 2 is 2.00 bits per heavy atom. The van der Waals surface area contributed by atoms with E-state index in [4.69, 9.17) is 16.3 Å². The van der Waals surface area contributed by atoms with Gasteiger partial charge in [0.2, 0.25) is 0 Å². The van der Waals surface area contributed by atoms with Crippen LogP contribution in [0.3, 0.4) is 0 Å². The van der Waals surface area contributed by atoms with Crippen LogP contribution in [0.15, 0.2) is 35.4 Å². The molecule has 1 aliphatic heterocycles. The summed E-state index contributed by atoms with van der Waals surface area (Å²) < 4.78 is 33.4. The molecular formula is C19H22ClN3O5S. The molecule has 2 aromatic rings. The summed E-state index contributed by atoms with van der Waals surface area (Å²) in [6.07, 6.45) is 3.13. The third-order valence-electron chi connectivity index (χ3n) is 4.87. The number of rotatable bonds is 6. The van der Waals surface area contributed by atoms with Gasteiger partial charge in [0.1, 0.15) is 5.75 Å². The number of benzene rings is 1. The van der Waals surface area contributed by atoms with Gasteiger partial charge in [-0.25, -0.2) is 18.2 Å². The van der Waals surface area contributed by atoms with E-state index in [9.17, 15) is 18.3 Å². The van der Waals surface area contributed by atoms with E-state index >= 15 is 0 Å². The molecule has 0 spiro atoms. The highest BCUT2D eigenvalue weighted by molar-refractivity contribution is 7.92. The number of sulfonamides is 1. The first-order valence-electron chi connectivity index (χ1n) is 9.06. The van der Waals surface area contributed by atoms with E-state index in [0.29, 0.717) is 30.6 Å². The number of pyridine rings is 1. The van der Waals surface area contributed by atoms with Crippen molar-refractivity contribution in [2.75, 3.05) is 29.8 Å². The molecule has 0 amide bonds. The quantitative estimate of drug-likeness (QED) is 0.709. The van der Waals surface area contributed by atoms with Gasteiger partial charge in [-0.05, 0) is 43.0 Å². The molecule has 0 aliphatic carbocycles. The normalized spacial score (nSPS) is 15.2. The standard InChI is InChI=1S/C19H22ClN3O5S/c1-12-5-7-23(8-6-12)18-16(9-13(11-21-18)19(24)25)22-29(26,27)14-3-4-17(28-2)15(20)10-14/h3-4,9-12,22H,5-8H2,1-2H3,(H,24,25). The lowest BCUT2D eigenvalue weighted by Crippen LogP contribution is -2.34. The number of piperidine rings is 1. The molecule has 156 valence electrons. The summed E-state index contributed by atoms with van der Waals surface area (Å²) in [6, 6.07) is 5.38. The number of carboxylic acids is 1. The van der Waals surface area contributed by atoms with E-state index in [2.05, 4.69) is 16.6 Å². The van der Waals surface area contributed by atoms with Crippen molar-refractivity contribution in [1.29, 1.82) is 0 Å². The fourth-order valence-electron chi connectivity index (χ4n) is 3.14. The fourth-order valence-corrected chi connectivity index (χ4v) is 4.54. The molecule has 2 N–H and O–H groups in total. The zero-order chi connectivity index (χ0) is 21.2.